The predicted molar refractivity (Wildman–Crippen MR) is 128 cm³/mol. The predicted octanol–water partition coefficient (Wildman–Crippen LogP) is 4.77. The zero-order valence-electron chi connectivity index (χ0n) is 19.2. The first-order chi connectivity index (χ1) is 16.5. The van der Waals surface area contributed by atoms with Crippen LogP contribution in [0.1, 0.15) is 41.0 Å². The molecule has 2 aromatic carbocycles. The van der Waals surface area contributed by atoms with Gasteiger partial charge in [-0.1, -0.05) is 31.5 Å². The molecule has 0 aliphatic heterocycles. The van der Waals surface area contributed by atoms with Crippen LogP contribution in [0.4, 0.5) is 10.1 Å². The lowest BCUT2D eigenvalue weighted by Gasteiger charge is -2.16. The standard InChI is InChI=1S/C25H21ClFN5O3/c1-13(2)22(29)25(34)32-24(33)14(3)7-18(31-32)10-16-5-6-20(26)23(21(16)27)35-19-9-15(12-28)8-17(11-19)30-4/h5-9,11,13,22H,10,29H2,1-3H3/t22-/m0/s1. The van der Waals surface area contributed by atoms with Crippen molar-refractivity contribution in [3.8, 4) is 17.6 Å². The highest BCUT2D eigenvalue weighted by Crippen LogP contribution is 2.36. The molecule has 1 heterocycles. The van der Waals surface area contributed by atoms with E-state index in [2.05, 4.69) is 9.94 Å². The van der Waals surface area contributed by atoms with Crippen LogP contribution in [0.15, 0.2) is 41.2 Å². The minimum Gasteiger partial charge on any atom is -0.454 e. The molecule has 0 spiro atoms. The molecule has 1 atom stereocenters. The Morgan fingerprint density at radius 3 is 2.69 bits per heavy atom. The van der Waals surface area contributed by atoms with E-state index in [0.717, 1.165) is 4.68 Å². The van der Waals surface area contributed by atoms with Crippen molar-refractivity contribution in [1.82, 2.24) is 9.78 Å². The van der Waals surface area contributed by atoms with Crippen LogP contribution in [-0.4, -0.2) is 21.7 Å². The Labute approximate surface area is 206 Å². The zero-order valence-corrected chi connectivity index (χ0v) is 19.9. The second kappa shape index (κ2) is 10.5. The summed E-state index contributed by atoms with van der Waals surface area (Å²) in [6.07, 6.45) is -0.0732. The van der Waals surface area contributed by atoms with Crippen LogP contribution < -0.4 is 16.0 Å². The third kappa shape index (κ3) is 5.55. The number of carbonyl (C=O) groups excluding carboxylic acids is 1. The molecule has 3 aromatic rings. The van der Waals surface area contributed by atoms with E-state index in [-0.39, 0.29) is 56.9 Å². The molecule has 8 nitrogen and oxygen atoms in total. The number of nitrogens with zero attached hydrogens (tertiary/aromatic N) is 4. The van der Waals surface area contributed by atoms with Gasteiger partial charge < -0.3 is 10.5 Å². The van der Waals surface area contributed by atoms with Crippen molar-refractivity contribution in [2.45, 2.75) is 33.2 Å². The molecule has 2 N–H and O–H groups in total. The van der Waals surface area contributed by atoms with Crippen molar-refractivity contribution >= 4 is 23.2 Å². The Bertz CT molecular complexity index is 1420. The largest absolute Gasteiger partial charge is 0.454 e. The summed E-state index contributed by atoms with van der Waals surface area (Å²) >= 11 is 6.17. The molecular formula is C25H21ClFN5O3. The zero-order chi connectivity index (χ0) is 25.9. The molecule has 0 aliphatic carbocycles. The van der Waals surface area contributed by atoms with E-state index >= 15 is 4.39 Å². The number of ether oxygens (including phenoxy) is 1. The maximum Gasteiger partial charge on any atom is 0.276 e. The number of aryl methyl sites for hydroxylation is 1. The molecule has 0 aliphatic rings. The van der Waals surface area contributed by atoms with Crippen LogP contribution in [0.2, 0.25) is 5.02 Å². The Kier molecular flexibility index (Phi) is 7.65. The molecule has 0 unspecified atom stereocenters. The van der Waals surface area contributed by atoms with E-state index in [0.29, 0.717) is 0 Å². The fourth-order valence-electron chi connectivity index (χ4n) is 3.23. The number of nitriles is 1. The summed E-state index contributed by atoms with van der Waals surface area (Å²) in [5.74, 6) is -1.87. The Morgan fingerprint density at radius 2 is 2.06 bits per heavy atom. The van der Waals surface area contributed by atoms with E-state index in [1.165, 1.54) is 43.3 Å². The van der Waals surface area contributed by atoms with E-state index in [4.69, 9.17) is 33.9 Å². The van der Waals surface area contributed by atoms with Gasteiger partial charge in [-0.15, -0.1) is 0 Å². The molecule has 0 saturated carbocycles. The summed E-state index contributed by atoms with van der Waals surface area (Å²) in [4.78, 5) is 28.4. The molecule has 0 fully saturated rings. The van der Waals surface area contributed by atoms with Crippen LogP contribution in [0.5, 0.6) is 11.5 Å². The van der Waals surface area contributed by atoms with E-state index in [1.54, 1.807) is 13.8 Å². The number of aromatic nitrogens is 2. The maximum absolute atomic E-state index is 15.4. The Hall–Kier alpha value is -4.05. The Balaban J connectivity index is 2.00. The normalized spacial score (nSPS) is 11.6. The van der Waals surface area contributed by atoms with Crippen LogP contribution in [0.25, 0.3) is 4.85 Å². The molecule has 0 amide bonds. The van der Waals surface area contributed by atoms with Gasteiger partial charge in [0, 0.05) is 17.5 Å². The summed E-state index contributed by atoms with van der Waals surface area (Å²) in [6.45, 7) is 12.2. The van der Waals surface area contributed by atoms with Gasteiger partial charge in [0.05, 0.1) is 29.4 Å². The first-order valence-electron chi connectivity index (χ1n) is 10.5. The average Bonchev–Trinajstić information content (AvgIpc) is 2.84. The van der Waals surface area contributed by atoms with Crippen LogP contribution in [0, 0.1) is 36.6 Å². The lowest BCUT2D eigenvalue weighted by atomic mass is 10.0. The molecule has 0 radical (unpaired) electrons. The molecule has 35 heavy (non-hydrogen) atoms. The van der Waals surface area contributed by atoms with Gasteiger partial charge in [-0.3, -0.25) is 9.59 Å². The second-order valence-electron chi connectivity index (χ2n) is 8.21. The number of rotatable bonds is 6. The van der Waals surface area contributed by atoms with Crippen molar-refractivity contribution in [3.63, 3.8) is 0 Å². The van der Waals surface area contributed by atoms with Gasteiger partial charge in [-0.2, -0.15) is 15.0 Å². The van der Waals surface area contributed by atoms with E-state index < -0.39 is 23.3 Å². The summed E-state index contributed by atoms with van der Waals surface area (Å²) in [5, 5.41) is 13.3. The molecule has 0 bridgehead atoms. The highest BCUT2D eigenvalue weighted by molar-refractivity contribution is 6.32. The minimum absolute atomic E-state index is 0.0230. The molecular weight excluding hydrogens is 473 g/mol. The first kappa shape index (κ1) is 25.6. The third-order valence-electron chi connectivity index (χ3n) is 5.22. The molecule has 0 saturated heterocycles. The molecule has 1 aromatic heterocycles. The lowest BCUT2D eigenvalue weighted by Crippen LogP contribution is -2.45. The number of hydrogen-bond donors (Lipinski definition) is 1. The second-order valence-corrected chi connectivity index (χ2v) is 8.62. The average molecular weight is 494 g/mol. The van der Waals surface area contributed by atoms with Crippen molar-refractivity contribution in [2.24, 2.45) is 11.7 Å². The van der Waals surface area contributed by atoms with Crippen LogP contribution in [0.3, 0.4) is 0 Å². The number of benzene rings is 2. The smallest absolute Gasteiger partial charge is 0.276 e. The van der Waals surface area contributed by atoms with Gasteiger partial charge in [-0.05, 0) is 48.7 Å². The van der Waals surface area contributed by atoms with Gasteiger partial charge in [0.15, 0.2) is 17.3 Å². The fourth-order valence-corrected chi connectivity index (χ4v) is 3.42. The summed E-state index contributed by atoms with van der Waals surface area (Å²) in [7, 11) is 0. The quantitative estimate of drug-likeness (QED) is 0.494. The van der Waals surface area contributed by atoms with Gasteiger partial charge in [0.25, 0.3) is 11.5 Å². The highest BCUT2D eigenvalue weighted by Gasteiger charge is 2.23. The van der Waals surface area contributed by atoms with Crippen LogP contribution in [-0.2, 0) is 6.42 Å². The summed E-state index contributed by atoms with van der Waals surface area (Å²) in [6, 6.07) is 9.44. The van der Waals surface area contributed by atoms with Gasteiger partial charge in [0.2, 0.25) is 0 Å². The van der Waals surface area contributed by atoms with E-state index in [9.17, 15) is 9.59 Å². The van der Waals surface area contributed by atoms with Crippen LogP contribution >= 0.6 is 11.6 Å². The first-order valence-corrected chi connectivity index (χ1v) is 10.9. The van der Waals surface area contributed by atoms with Gasteiger partial charge in [0.1, 0.15) is 5.75 Å². The van der Waals surface area contributed by atoms with Crippen molar-refractivity contribution in [1.29, 1.82) is 5.26 Å². The molecule has 3 rings (SSSR count). The molecule has 10 heteroatoms. The SMILES string of the molecule is [C-]#[N+]c1cc(C#N)cc(Oc2c(Cl)ccc(Cc3cc(C)c(=O)n(C(=O)[C@@H](N)C(C)C)n3)c2F)c1. The Morgan fingerprint density at radius 1 is 1.34 bits per heavy atom. The topological polar surface area (TPSA) is 115 Å². The summed E-state index contributed by atoms with van der Waals surface area (Å²) < 4.78 is 21.8. The number of hydrogen-bond acceptors (Lipinski definition) is 6. The number of nitrogens with two attached hydrogens (primary N) is 1. The number of carbonyl (C=O) groups is 1. The monoisotopic (exact) mass is 493 g/mol. The van der Waals surface area contributed by atoms with E-state index in [1.807, 2.05) is 6.07 Å². The lowest BCUT2D eigenvalue weighted by molar-refractivity contribution is 0.0832. The van der Waals surface area contributed by atoms with Crippen molar-refractivity contribution in [2.75, 3.05) is 0 Å². The maximum atomic E-state index is 15.4. The van der Waals surface area contributed by atoms with Gasteiger partial charge in [-0.25, -0.2) is 9.24 Å². The molecule has 178 valence electrons. The number of halogens is 2. The fraction of sp³-hybridized carbons (Fsp3) is 0.240. The highest BCUT2D eigenvalue weighted by atomic mass is 35.5. The summed E-state index contributed by atoms with van der Waals surface area (Å²) in [5.41, 5.74) is 6.30. The van der Waals surface area contributed by atoms with Crippen molar-refractivity contribution in [3.05, 3.63) is 91.4 Å². The third-order valence-corrected chi connectivity index (χ3v) is 5.52. The van der Waals surface area contributed by atoms with Gasteiger partial charge >= 0.3 is 0 Å². The minimum atomic E-state index is -0.924. The van der Waals surface area contributed by atoms with Crippen molar-refractivity contribution < 1.29 is 13.9 Å².